The molecule has 2 amide bonds. The Balaban J connectivity index is 1.47. The zero-order chi connectivity index (χ0) is 24.1. The van der Waals surface area contributed by atoms with Crippen LogP contribution < -0.4 is 14.8 Å². The molecule has 1 atom stereocenters. The zero-order valence-electron chi connectivity index (χ0n) is 19.2. The van der Waals surface area contributed by atoms with E-state index in [4.69, 9.17) is 9.47 Å². The van der Waals surface area contributed by atoms with Gasteiger partial charge in [-0.15, -0.1) is 0 Å². The van der Waals surface area contributed by atoms with Crippen LogP contribution in [0.2, 0.25) is 0 Å². The van der Waals surface area contributed by atoms with E-state index in [0.717, 1.165) is 23.3 Å². The van der Waals surface area contributed by atoms with Crippen molar-refractivity contribution in [1.82, 2.24) is 4.90 Å². The highest BCUT2D eigenvalue weighted by molar-refractivity contribution is 5.96. The number of hydrogen-bond donors (Lipinski definition) is 1. The lowest BCUT2D eigenvalue weighted by Gasteiger charge is -2.32. The summed E-state index contributed by atoms with van der Waals surface area (Å²) < 4.78 is 23.9. The molecule has 1 fully saturated rings. The monoisotopic (exact) mass is 462 g/mol. The highest BCUT2D eigenvalue weighted by Gasteiger charge is 2.29. The summed E-state index contributed by atoms with van der Waals surface area (Å²) in [7, 11) is 3.22. The maximum Gasteiger partial charge on any atom is 0.253 e. The fourth-order valence-corrected chi connectivity index (χ4v) is 4.18. The van der Waals surface area contributed by atoms with Crippen molar-refractivity contribution in [3.63, 3.8) is 0 Å². The molecule has 1 N–H and O–H groups in total. The molecule has 34 heavy (non-hydrogen) atoms. The molecule has 4 rings (SSSR count). The highest BCUT2D eigenvalue weighted by Crippen LogP contribution is 2.34. The largest absolute Gasteiger partial charge is 0.497 e. The minimum atomic E-state index is -0.388. The van der Waals surface area contributed by atoms with Gasteiger partial charge in [0, 0.05) is 29.9 Å². The molecule has 0 unspecified atom stereocenters. The lowest BCUT2D eigenvalue weighted by molar-refractivity contribution is -0.121. The highest BCUT2D eigenvalue weighted by atomic mass is 19.1. The number of anilines is 1. The van der Waals surface area contributed by atoms with Crippen molar-refractivity contribution in [2.24, 2.45) is 5.92 Å². The number of rotatable bonds is 6. The van der Waals surface area contributed by atoms with E-state index in [0.29, 0.717) is 36.5 Å². The van der Waals surface area contributed by atoms with Crippen molar-refractivity contribution in [3.05, 3.63) is 78.1 Å². The summed E-state index contributed by atoms with van der Waals surface area (Å²) in [6.45, 7) is 0.897. The summed E-state index contributed by atoms with van der Waals surface area (Å²) in [6.07, 6.45) is 1.42. The standard InChI is InChI=1S/C27H27FN2O4/c1-33-23-12-7-18(8-13-23)24-16-22(11-14-25(24)34-2)29-26(31)20-4-3-15-30(17-20)27(32)19-5-9-21(28)10-6-19/h5-14,16,20H,3-4,15,17H2,1-2H3,(H,29,31)/t20-/m0/s1. The second-order valence-corrected chi connectivity index (χ2v) is 8.23. The van der Waals surface area contributed by atoms with Crippen molar-refractivity contribution in [1.29, 1.82) is 0 Å². The van der Waals surface area contributed by atoms with Crippen LogP contribution in [0.5, 0.6) is 11.5 Å². The lowest BCUT2D eigenvalue weighted by Crippen LogP contribution is -2.43. The topological polar surface area (TPSA) is 67.9 Å². The number of amides is 2. The van der Waals surface area contributed by atoms with E-state index in [1.807, 2.05) is 36.4 Å². The Morgan fingerprint density at radius 3 is 2.38 bits per heavy atom. The number of halogens is 1. The number of nitrogens with one attached hydrogen (secondary N) is 1. The smallest absolute Gasteiger partial charge is 0.253 e. The summed E-state index contributed by atoms with van der Waals surface area (Å²) in [6, 6.07) is 18.6. The Labute approximate surface area is 198 Å². The van der Waals surface area contributed by atoms with E-state index in [9.17, 15) is 14.0 Å². The Morgan fingerprint density at radius 2 is 1.71 bits per heavy atom. The van der Waals surface area contributed by atoms with Crippen LogP contribution in [-0.2, 0) is 4.79 Å². The van der Waals surface area contributed by atoms with Crippen LogP contribution in [0.15, 0.2) is 66.7 Å². The van der Waals surface area contributed by atoms with Crippen LogP contribution in [0.3, 0.4) is 0 Å². The first-order valence-corrected chi connectivity index (χ1v) is 11.2. The van der Waals surface area contributed by atoms with Crippen LogP contribution in [0, 0.1) is 11.7 Å². The normalized spacial score (nSPS) is 15.5. The molecule has 0 saturated carbocycles. The van der Waals surface area contributed by atoms with Gasteiger partial charge in [0.2, 0.25) is 5.91 Å². The molecule has 6 nitrogen and oxygen atoms in total. The van der Waals surface area contributed by atoms with Crippen molar-refractivity contribution in [2.75, 3.05) is 32.6 Å². The van der Waals surface area contributed by atoms with Gasteiger partial charge >= 0.3 is 0 Å². The molecule has 3 aromatic carbocycles. The molecular formula is C27H27FN2O4. The van der Waals surface area contributed by atoms with Crippen LogP contribution >= 0.6 is 0 Å². The van der Waals surface area contributed by atoms with Gasteiger partial charge in [-0.2, -0.15) is 0 Å². The first kappa shape index (κ1) is 23.3. The number of methoxy groups -OCH3 is 2. The second-order valence-electron chi connectivity index (χ2n) is 8.23. The second kappa shape index (κ2) is 10.4. The zero-order valence-corrected chi connectivity index (χ0v) is 19.2. The number of carbonyl (C=O) groups is 2. The first-order chi connectivity index (χ1) is 16.5. The van der Waals surface area contributed by atoms with Gasteiger partial charge in [0.05, 0.1) is 20.1 Å². The third-order valence-electron chi connectivity index (χ3n) is 6.04. The van der Waals surface area contributed by atoms with Crippen LogP contribution in [0.25, 0.3) is 11.1 Å². The molecule has 1 saturated heterocycles. The fraction of sp³-hybridized carbons (Fsp3) is 0.259. The van der Waals surface area contributed by atoms with Gasteiger partial charge in [0.1, 0.15) is 17.3 Å². The molecule has 176 valence electrons. The molecule has 1 aliphatic rings. The maximum absolute atomic E-state index is 13.2. The van der Waals surface area contributed by atoms with Gasteiger partial charge < -0.3 is 19.7 Å². The van der Waals surface area contributed by atoms with E-state index in [-0.39, 0.29) is 23.5 Å². The Kier molecular flexibility index (Phi) is 7.11. The minimum absolute atomic E-state index is 0.137. The average Bonchev–Trinajstić information content (AvgIpc) is 2.89. The summed E-state index contributed by atoms with van der Waals surface area (Å²) in [4.78, 5) is 27.5. The van der Waals surface area contributed by atoms with E-state index < -0.39 is 0 Å². The Hall–Kier alpha value is -3.87. The van der Waals surface area contributed by atoms with Gasteiger partial charge in [-0.1, -0.05) is 12.1 Å². The summed E-state index contributed by atoms with van der Waals surface area (Å²) >= 11 is 0. The third kappa shape index (κ3) is 5.20. The number of benzene rings is 3. The number of nitrogens with zero attached hydrogens (tertiary/aromatic N) is 1. The van der Waals surface area contributed by atoms with Crippen molar-refractivity contribution >= 4 is 17.5 Å². The number of likely N-dealkylation sites (tertiary alicyclic amines) is 1. The third-order valence-corrected chi connectivity index (χ3v) is 6.04. The predicted octanol–water partition coefficient (Wildman–Crippen LogP) is 5.00. The molecule has 0 aliphatic carbocycles. The molecule has 1 aliphatic heterocycles. The number of ether oxygens (including phenoxy) is 2. The van der Waals surface area contributed by atoms with Crippen molar-refractivity contribution in [2.45, 2.75) is 12.8 Å². The minimum Gasteiger partial charge on any atom is -0.497 e. The van der Waals surface area contributed by atoms with Crippen molar-refractivity contribution < 1.29 is 23.5 Å². The van der Waals surface area contributed by atoms with Crippen LogP contribution in [-0.4, -0.2) is 44.0 Å². The number of hydrogen-bond acceptors (Lipinski definition) is 4. The Morgan fingerprint density at radius 1 is 0.971 bits per heavy atom. The predicted molar refractivity (Wildman–Crippen MR) is 129 cm³/mol. The van der Waals surface area contributed by atoms with Gasteiger partial charge in [0.25, 0.3) is 5.91 Å². The molecule has 0 spiro atoms. The molecule has 0 bridgehead atoms. The van der Waals surface area contributed by atoms with Crippen LogP contribution in [0.1, 0.15) is 23.2 Å². The maximum atomic E-state index is 13.2. The molecule has 0 aromatic heterocycles. The van der Waals surface area contributed by atoms with E-state index in [1.165, 1.54) is 24.3 Å². The van der Waals surface area contributed by atoms with Gasteiger partial charge in [-0.3, -0.25) is 9.59 Å². The summed E-state index contributed by atoms with van der Waals surface area (Å²) in [5, 5.41) is 3.00. The molecular weight excluding hydrogens is 435 g/mol. The van der Waals surface area contributed by atoms with Gasteiger partial charge in [-0.05, 0) is 73.0 Å². The SMILES string of the molecule is COc1ccc(-c2cc(NC(=O)[C@H]3CCCN(C(=O)c4ccc(F)cc4)C3)ccc2OC)cc1. The van der Waals surface area contributed by atoms with Crippen molar-refractivity contribution in [3.8, 4) is 22.6 Å². The molecule has 0 radical (unpaired) electrons. The molecule has 7 heteroatoms. The lowest BCUT2D eigenvalue weighted by atomic mass is 9.96. The molecule has 3 aromatic rings. The van der Waals surface area contributed by atoms with Gasteiger partial charge in [0.15, 0.2) is 0 Å². The number of carbonyl (C=O) groups excluding carboxylic acids is 2. The van der Waals surface area contributed by atoms with E-state index >= 15 is 0 Å². The fourth-order valence-electron chi connectivity index (χ4n) is 4.18. The Bertz CT molecular complexity index is 1160. The average molecular weight is 463 g/mol. The summed E-state index contributed by atoms with van der Waals surface area (Å²) in [5.74, 6) is 0.401. The van der Waals surface area contributed by atoms with Crippen LogP contribution in [0.4, 0.5) is 10.1 Å². The quantitative estimate of drug-likeness (QED) is 0.560. The molecule has 1 heterocycles. The van der Waals surface area contributed by atoms with E-state index in [1.54, 1.807) is 25.2 Å². The first-order valence-electron chi connectivity index (χ1n) is 11.2. The summed E-state index contributed by atoms with van der Waals surface area (Å²) in [5.41, 5.74) is 2.85. The van der Waals surface area contributed by atoms with Gasteiger partial charge in [-0.25, -0.2) is 4.39 Å². The van der Waals surface area contributed by atoms with E-state index in [2.05, 4.69) is 5.32 Å². The number of piperidine rings is 1.